The summed E-state index contributed by atoms with van der Waals surface area (Å²) in [6.07, 6.45) is 3.58. The van der Waals surface area contributed by atoms with Gasteiger partial charge in [-0.05, 0) is 43.2 Å². The monoisotopic (exact) mass is 279 g/mol. The van der Waals surface area contributed by atoms with Crippen LogP contribution < -0.4 is 5.32 Å². The number of hydrogen-bond acceptors (Lipinski definition) is 3. The van der Waals surface area contributed by atoms with Gasteiger partial charge in [0.05, 0.1) is 5.56 Å². The van der Waals surface area contributed by atoms with E-state index in [1.54, 1.807) is 6.07 Å². The van der Waals surface area contributed by atoms with E-state index in [2.05, 4.69) is 12.2 Å². The van der Waals surface area contributed by atoms with Crippen LogP contribution >= 0.6 is 11.8 Å². The summed E-state index contributed by atoms with van der Waals surface area (Å²) < 4.78 is 0. The molecule has 3 nitrogen and oxygen atoms in total. The Labute approximate surface area is 118 Å². The molecule has 0 saturated heterocycles. The topological polar surface area (TPSA) is 49.3 Å². The van der Waals surface area contributed by atoms with E-state index >= 15 is 0 Å². The van der Waals surface area contributed by atoms with Crippen molar-refractivity contribution in [1.82, 2.24) is 0 Å². The lowest BCUT2D eigenvalue weighted by Gasteiger charge is -2.22. The van der Waals surface area contributed by atoms with Crippen molar-refractivity contribution < 1.29 is 9.90 Å². The number of carboxylic acid groups (broad SMARTS) is 1. The molecule has 0 amide bonds. The van der Waals surface area contributed by atoms with Gasteiger partial charge in [0.1, 0.15) is 0 Å². The second-order valence-corrected chi connectivity index (χ2v) is 6.55. The first-order valence-electron chi connectivity index (χ1n) is 6.84. The Morgan fingerprint density at radius 2 is 2.26 bits per heavy atom. The lowest BCUT2D eigenvalue weighted by atomic mass is 10.1. The maximum atomic E-state index is 11.3. The van der Waals surface area contributed by atoms with E-state index in [-0.39, 0.29) is 0 Å². The number of thioether (sulfide) groups is 1. The normalized spacial score (nSPS) is 22.4. The third kappa shape index (κ3) is 3.44. The number of benzene rings is 1. The summed E-state index contributed by atoms with van der Waals surface area (Å²) in [5, 5.41) is 13.3. The predicted octanol–water partition coefficient (Wildman–Crippen LogP) is 3.78. The first-order valence-corrected chi connectivity index (χ1v) is 7.88. The largest absolute Gasteiger partial charge is 0.478 e. The second-order valence-electron chi connectivity index (χ2n) is 5.03. The van der Waals surface area contributed by atoms with Gasteiger partial charge in [-0.2, -0.15) is 11.8 Å². The molecule has 4 heteroatoms. The van der Waals surface area contributed by atoms with Crippen LogP contribution in [0.1, 0.15) is 42.1 Å². The summed E-state index contributed by atoms with van der Waals surface area (Å²) >= 11 is 1.97. The summed E-state index contributed by atoms with van der Waals surface area (Å²) in [6, 6.07) is 5.87. The first kappa shape index (κ1) is 14.3. The lowest BCUT2D eigenvalue weighted by molar-refractivity contribution is 0.0698. The number of aromatic carboxylic acids is 1. The van der Waals surface area contributed by atoms with Crippen molar-refractivity contribution >= 4 is 23.4 Å². The number of carbonyl (C=O) groups is 1. The van der Waals surface area contributed by atoms with E-state index in [1.807, 2.05) is 30.8 Å². The van der Waals surface area contributed by atoms with Crippen molar-refractivity contribution in [3.05, 3.63) is 29.3 Å². The van der Waals surface area contributed by atoms with E-state index < -0.39 is 5.97 Å². The Kier molecular flexibility index (Phi) is 4.75. The molecule has 0 aromatic heterocycles. The summed E-state index contributed by atoms with van der Waals surface area (Å²) in [5.41, 5.74) is 2.23. The van der Waals surface area contributed by atoms with Gasteiger partial charge in [0.2, 0.25) is 0 Å². The molecule has 0 radical (unpaired) electrons. The maximum Gasteiger partial charge on any atom is 0.337 e. The van der Waals surface area contributed by atoms with Crippen molar-refractivity contribution in [2.75, 3.05) is 11.1 Å². The molecule has 0 bridgehead atoms. The SMILES string of the molecule is CCSC1CCCC1Nc1cc(C)ccc1C(=O)O. The number of carboxylic acids is 1. The highest BCUT2D eigenvalue weighted by molar-refractivity contribution is 7.99. The highest BCUT2D eigenvalue weighted by Gasteiger charge is 2.28. The van der Waals surface area contributed by atoms with Crippen molar-refractivity contribution in [2.45, 2.75) is 44.4 Å². The minimum atomic E-state index is -0.861. The van der Waals surface area contributed by atoms with E-state index in [1.165, 1.54) is 12.8 Å². The van der Waals surface area contributed by atoms with E-state index in [0.717, 1.165) is 23.4 Å². The molecule has 1 fully saturated rings. The molecule has 0 heterocycles. The molecular formula is C15H21NO2S. The molecule has 1 aliphatic rings. The lowest BCUT2D eigenvalue weighted by Crippen LogP contribution is -2.27. The van der Waals surface area contributed by atoms with Gasteiger partial charge in [-0.3, -0.25) is 0 Å². The van der Waals surface area contributed by atoms with Gasteiger partial charge < -0.3 is 10.4 Å². The van der Waals surface area contributed by atoms with E-state index in [4.69, 9.17) is 0 Å². The zero-order valence-corrected chi connectivity index (χ0v) is 12.3. The van der Waals surface area contributed by atoms with Crippen LogP contribution in [-0.4, -0.2) is 28.1 Å². The first-order chi connectivity index (χ1) is 9.11. The van der Waals surface area contributed by atoms with E-state index in [9.17, 15) is 9.90 Å². The van der Waals surface area contributed by atoms with Crippen LogP contribution in [0.5, 0.6) is 0 Å². The molecule has 1 aliphatic carbocycles. The summed E-state index contributed by atoms with van der Waals surface area (Å²) in [7, 11) is 0. The van der Waals surface area contributed by atoms with Crippen LogP contribution in [0.25, 0.3) is 0 Å². The average molecular weight is 279 g/mol. The maximum absolute atomic E-state index is 11.3. The fraction of sp³-hybridized carbons (Fsp3) is 0.533. The van der Waals surface area contributed by atoms with Crippen LogP contribution in [0.3, 0.4) is 0 Å². The quantitative estimate of drug-likeness (QED) is 0.861. The van der Waals surface area contributed by atoms with Crippen molar-refractivity contribution in [3.8, 4) is 0 Å². The third-order valence-corrected chi connectivity index (χ3v) is 4.91. The van der Waals surface area contributed by atoms with Crippen molar-refractivity contribution in [2.24, 2.45) is 0 Å². The Hall–Kier alpha value is -1.16. The minimum Gasteiger partial charge on any atom is -0.478 e. The van der Waals surface area contributed by atoms with Crippen LogP contribution in [0.2, 0.25) is 0 Å². The molecule has 1 saturated carbocycles. The molecule has 2 unspecified atom stereocenters. The number of rotatable bonds is 5. The van der Waals surface area contributed by atoms with Crippen LogP contribution in [0.4, 0.5) is 5.69 Å². The Morgan fingerprint density at radius 1 is 1.47 bits per heavy atom. The Balaban J connectivity index is 2.17. The number of aryl methyl sites for hydroxylation is 1. The summed E-state index contributed by atoms with van der Waals surface area (Å²) in [6.45, 7) is 4.17. The number of nitrogens with one attached hydrogen (secondary N) is 1. The van der Waals surface area contributed by atoms with Gasteiger partial charge in [-0.15, -0.1) is 0 Å². The molecule has 2 rings (SSSR count). The molecule has 104 valence electrons. The van der Waals surface area contributed by atoms with Crippen LogP contribution in [0, 0.1) is 6.92 Å². The minimum absolute atomic E-state index is 0.373. The Bertz CT molecular complexity index is 461. The second kappa shape index (κ2) is 6.33. The summed E-state index contributed by atoms with van der Waals surface area (Å²) in [5.74, 6) is 0.253. The van der Waals surface area contributed by atoms with Crippen LogP contribution in [-0.2, 0) is 0 Å². The van der Waals surface area contributed by atoms with Crippen molar-refractivity contribution in [3.63, 3.8) is 0 Å². The molecule has 0 spiro atoms. The van der Waals surface area contributed by atoms with Gasteiger partial charge in [0.25, 0.3) is 0 Å². The van der Waals surface area contributed by atoms with Crippen molar-refractivity contribution in [1.29, 1.82) is 0 Å². The average Bonchev–Trinajstić information content (AvgIpc) is 2.77. The van der Waals surface area contributed by atoms with Gasteiger partial charge in [0, 0.05) is 17.0 Å². The molecule has 0 aliphatic heterocycles. The fourth-order valence-corrected chi connectivity index (χ4v) is 3.87. The molecule has 1 aromatic carbocycles. The zero-order chi connectivity index (χ0) is 13.8. The zero-order valence-electron chi connectivity index (χ0n) is 11.5. The summed E-state index contributed by atoms with van der Waals surface area (Å²) in [4.78, 5) is 11.3. The standard InChI is InChI=1S/C15H21NO2S/c1-3-19-14-6-4-5-12(14)16-13-9-10(2)7-8-11(13)15(17)18/h7-9,12,14,16H,3-6H2,1-2H3,(H,17,18). The van der Waals surface area contributed by atoms with Gasteiger partial charge in [0.15, 0.2) is 0 Å². The fourth-order valence-electron chi connectivity index (χ4n) is 2.67. The molecule has 2 N–H and O–H groups in total. The molecule has 1 aromatic rings. The predicted molar refractivity (Wildman–Crippen MR) is 81.3 cm³/mol. The van der Waals surface area contributed by atoms with Gasteiger partial charge in [-0.25, -0.2) is 4.79 Å². The van der Waals surface area contributed by atoms with Crippen LogP contribution in [0.15, 0.2) is 18.2 Å². The number of hydrogen-bond donors (Lipinski definition) is 2. The Morgan fingerprint density at radius 3 is 2.95 bits per heavy atom. The highest BCUT2D eigenvalue weighted by Crippen LogP contribution is 2.33. The highest BCUT2D eigenvalue weighted by atomic mass is 32.2. The third-order valence-electron chi connectivity index (χ3n) is 3.58. The van der Waals surface area contributed by atoms with E-state index in [0.29, 0.717) is 16.9 Å². The molecule has 19 heavy (non-hydrogen) atoms. The van der Waals surface area contributed by atoms with Gasteiger partial charge in [-0.1, -0.05) is 19.4 Å². The molecular weight excluding hydrogens is 258 g/mol. The molecule has 2 atom stereocenters. The van der Waals surface area contributed by atoms with Gasteiger partial charge >= 0.3 is 5.97 Å². The smallest absolute Gasteiger partial charge is 0.337 e. The number of anilines is 1.